The molecule has 0 aliphatic heterocycles. The molecule has 0 aromatic carbocycles. The van der Waals surface area contributed by atoms with Crippen molar-refractivity contribution in [3.8, 4) is 0 Å². The van der Waals surface area contributed by atoms with Gasteiger partial charge in [-0.1, -0.05) is 0 Å². The molecule has 0 aromatic heterocycles. The van der Waals surface area contributed by atoms with E-state index < -0.39 is 17.6 Å². The van der Waals surface area contributed by atoms with Crippen molar-refractivity contribution in [3.05, 3.63) is 0 Å². The van der Waals surface area contributed by atoms with Crippen LogP contribution in [-0.4, -0.2) is 24.6 Å². The average Bonchev–Trinajstić information content (AvgIpc) is 1.25. The van der Waals surface area contributed by atoms with Crippen LogP contribution < -0.4 is 5.73 Å². The van der Waals surface area contributed by atoms with E-state index in [-0.39, 0.29) is 0 Å². The van der Waals surface area contributed by atoms with Gasteiger partial charge in [0.1, 0.15) is 0 Å². The minimum atomic E-state index is -3.11. The smallest absolute Gasteiger partial charge is 0.182 e. The van der Waals surface area contributed by atoms with E-state index in [1.807, 2.05) is 0 Å². The van der Waals surface area contributed by atoms with Gasteiger partial charge in [-0.15, -0.1) is 11.4 Å². The first kappa shape index (κ1) is 10.9. The molecule has 5 nitrogen and oxygen atoms in total. The zero-order chi connectivity index (χ0) is 7.15. The maximum absolute atomic E-state index is 8.44. The van der Waals surface area contributed by atoms with Crippen LogP contribution in [0.25, 0.3) is 0 Å². The van der Waals surface area contributed by atoms with Gasteiger partial charge >= 0.3 is 0 Å². The highest BCUT2D eigenvalue weighted by atomic mass is 32.2. The zero-order valence-electron chi connectivity index (χ0n) is 4.36. The number of quaternary nitrogens is 1. The highest BCUT2D eigenvalue weighted by molar-refractivity contribution is 7.72. The van der Waals surface area contributed by atoms with Crippen LogP contribution in [0.15, 0.2) is 0 Å². The van der Waals surface area contributed by atoms with Crippen LogP contribution in [0.5, 0.6) is 0 Å². The Hall–Kier alpha value is -0.0100. The van der Waals surface area contributed by atoms with Gasteiger partial charge in [-0.3, -0.25) is 4.21 Å². The maximum Gasteiger partial charge on any atom is 0.182 e. The summed E-state index contributed by atoms with van der Waals surface area (Å²) in [6.45, 7) is 1.61. The normalized spacial score (nSPS) is 12.2. The van der Waals surface area contributed by atoms with Crippen molar-refractivity contribution in [3.63, 3.8) is 0 Å². The Labute approximate surface area is 49.6 Å². The Morgan fingerprint density at radius 1 is 1.75 bits per heavy atom. The molecule has 0 radical (unpaired) electrons. The lowest BCUT2D eigenvalue weighted by Crippen LogP contribution is -2.58. The van der Waals surface area contributed by atoms with Crippen LogP contribution >= 0.6 is 0 Å². The molecule has 0 amide bonds. The highest BCUT2D eigenvalue weighted by Gasteiger charge is 1.73. The lowest BCUT2D eigenvalue weighted by Gasteiger charge is -2.03. The second-order valence-electron chi connectivity index (χ2n) is 1.05. The zero-order valence-corrected chi connectivity index (χ0v) is 5.18. The molecule has 0 spiro atoms. The fourth-order valence-electron chi connectivity index (χ4n) is 0. The summed E-state index contributed by atoms with van der Waals surface area (Å²) in [5.41, 5.74) is 3.19. The summed E-state index contributed by atoms with van der Waals surface area (Å²) >= 11 is -3.11. The van der Waals surface area contributed by atoms with Crippen LogP contribution in [0, 0.1) is 0 Å². The summed E-state index contributed by atoms with van der Waals surface area (Å²) in [6, 6.07) is 0. The molecule has 8 heavy (non-hydrogen) atoms. The molecule has 52 valence electrons. The Morgan fingerprint density at radius 2 is 1.75 bits per heavy atom. The van der Waals surface area contributed by atoms with Crippen LogP contribution in [0.3, 0.4) is 0 Å². The second-order valence-corrected chi connectivity index (χ2v) is 1.46. The van der Waals surface area contributed by atoms with Crippen molar-refractivity contribution in [2.75, 3.05) is 0 Å². The van der Waals surface area contributed by atoms with Crippen molar-refractivity contribution < 1.29 is 24.2 Å². The number of aliphatic hydroxyl groups is 1. The predicted molar refractivity (Wildman–Crippen MR) is 24.3 cm³/mol. The molecule has 1 unspecified atom stereocenters. The summed E-state index contributed by atoms with van der Waals surface area (Å²) < 4.78 is 25.3. The summed E-state index contributed by atoms with van der Waals surface area (Å²) in [5.74, 6) is 0. The molecule has 0 saturated carbocycles. The van der Waals surface area contributed by atoms with Gasteiger partial charge in [0, 0.05) is 6.92 Å². The molecule has 0 saturated heterocycles. The molecular weight excluding hydrogens is 134 g/mol. The minimum Gasteiger partial charge on any atom is -0.784 e. The Bertz CT molecular complexity index is 58.3. The van der Waals surface area contributed by atoms with Crippen molar-refractivity contribution in [2.24, 2.45) is 0 Å². The third kappa shape index (κ3) is 1490000. The van der Waals surface area contributed by atoms with Gasteiger partial charge in [-0.2, -0.15) is 0 Å². The molecule has 4 N–H and O–H groups in total. The molecule has 0 aromatic rings. The van der Waals surface area contributed by atoms with E-state index in [2.05, 4.69) is 5.73 Å². The molecule has 0 aliphatic carbocycles. The predicted octanol–water partition coefficient (Wildman–Crippen LogP) is -2.44. The molecular formula is C2H8NO4S-. The van der Waals surface area contributed by atoms with Crippen LogP contribution in [0.1, 0.15) is 6.92 Å². The number of aliphatic hydroxyl groups excluding tert-OH is 1. The Kier molecular flexibility index (Phi) is 9.51. The van der Waals surface area contributed by atoms with Crippen molar-refractivity contribution in [1.29, 1.82) is 0 Å². The first-order valence-corrected chi connectivity index (χ1v) is 2.74. The minimum absolute atomic E-state index is 0.417. The first-order chi connectivity index (χ1) is 3.46. The van der Waals surface area contributed by atoms with Crippen molar-refractivity contribution >= 4 is 11.4 Å². The Morgan fingerprint density at radius 3 is 1.75 bits per heavy atom. The second kappa shape index (κ2) is 6.99. The van der Waals surface area contributed by atoms with E-state index in [4.69, 9.17) is 18.4 Å². The van der Waals surface area contributed by atoms with Crippen LogP contribution in [-0.2, 0) is 11.4 Å². The molecule has 0 heterocycles. The topological polar surface area (TPSA) is 111 Å². The summed E-state index contributed by atoms with van der Waals surface area (Å²) in [6.07, 6.45) is -0.417. The standard InChI is InChI=1S/C2H7NO.H2O3S/c1-2(3)4;1-4(2)3/h2,4H,3H2,1H3;(H2,1,2,3)/p-1. The van der Waals surface area contributed by atoms with E-state index in [0.29, 0.717) is 0 Å². The van der Waals surface area contributed by atoms with Crippen LogP contribution in [0.2, 0.25) is 0 Å². The number of rotatable bonds is 0. The Balaban J connectivity index is 0. The first-order valence-electron chi connectivity index (χ1n) is 1.74. The van der Waals surface area contributed by atoms with E-state index in [0.717, 1.165) is 0 Å². The fourth-order valence-corrected chi connectivity index (χ4v) is 0. The molecule has 0 fully saturated rings. The monoisotopic (exact) mass is 142 g/mol. The van der Waals surface area contributed by atoms with Crippen molar-refractivity contribution in [2.45, 2.75) is 13.2 Å². The molecule has 1 atom stereocenters. The summed E-state index contributed by atoms with van der Waals surface area (Å²) in [4.78, 5) is 0. The van der Waals surface area contributed by atoms with Crippen LogP contribution in [0.4, 0.5) is 0 Å². The van der Waals surface area contributed by atoms with Gasteiger partial charge in [0.05, 0.1) is 0 Å². The number of hydrogen-bond donors (Lipinski definition) is 2. The largest absolute Gasteiger partial charge is 0.784 e. The highest BCUT2D eigenvalue weighted by Crippen LogP contribution is 1.44. The van der Waals surface area contributed by atoms with Gasteiger partial charge in [0.2, 0.25) is 0 Å². The van der Waals surface area contributed by atoms with Gasteiger partial charge in [-0.25, -0.2) is 0 Å². The molecule has 0 bridgehead atoms. The van der Waals surface area contributed by atoms with E-state index in [1.54, 1.807) is 6.92 Å². The van der Waals surface area contributed by atoms with E-state index in [1.165, 1.54) is 0 Å². The van der Waals surface area contributed by atoms with E-state index >= 15 is 0 Å². The summed E-state index contributed by atoms with van der Waals surface area (Å²) in [7, 11) is 0. The van der Waals surface area contributed by atoms with Gasteiger partial charge in [-0.05, 0) is 0 Å². The fraction of sp³-hybridized carbons (Fsp3) is 1.00. The van der Waals surface area contributed by atoms with E-state index in [9.17, 15) is 0 Å². The number of hydrogen-bond acceptors (Lipinski definition) is 4. The third-order valence-corrected chi connectivity index (χ3v) is 0. The average molecular weight is 142 g/mol. The molecule has 6 heteroatoms. The van der Waals surface area contributed by atoms with Crippen molar-refractivity contribution in [1.82, 2.24) is 0 Å². The van der Waals surface area contributed by atoms with Gasteiger partial charge in [0.25, 0.3) is 0 Å². The molecule has 0 aliphatic rings. The maximum atomic E-state index is 8.44. The lowest BCUT2D eigenvalue weighted by atomic mass is 10.7. The third-order valence-electron chi connectivity index (χ3n) is 0. The van der Waals surface area contributed by atoms with Gasteiger partial charge < -0.3 is 19.9 Å². The SMILES string of the molecule is CC([NH3+])O.O=S([O-])[O-]. The summed E-state index contributed by atoms with van der Waals surface area (Å²) in [5, 5.41) is 7.94. The lowest BCUT2D eigenvalue weighted by molar-refractivity contribution is -0.475. The quantitative estimate of drug-likeness (QED) is 0.289. The molecule has 0 rings (SSSR count). The van der Waals surface area contributed by atoms with Gasteiger partial charge in [0.15, 0.2) is 6.23 Å².